The van der Waals surface area contributed by atoms with Gasteiger partial charge in [-0.15, -0.1) is 0 Å². The first-order valence-electron chi connectivity index (χ1n) is 26.1. The molecule has 3 N–H and O–H groups in total. The minimum atomic E-state index is -0.677. The number of aliphatic carboxylic acids is 3. The minimum Gasteiger partial charge on any atom is -0.481 e. The molecule has 0 heterocycles. The zero-order chi connectivity index (χ0) is 43.4. The van der Waals surface area contributed by atoms with Crippen molar-refractivity contribution >= 4 is 17.9 Å². The third-order valence-corrected chi connectivity index (χ3v) is 13.1. The number of rotatable bonds is 48. The van der Waals surface area contributed by atoms with Gasteiger partial charge < -0.3 is 15.3 Å². The summed E-state index contributed by atoms with van der Waals surface area (Å²) in [6.45, 7) is 6.93. The number of carbonyl (C=O) groups is 3. The Kier molecular flexibility index (Phi) is 42.8. The predicted octanol–water partition coefficient (Wildman–Crippen LogP) is 17.5. The fourth-order valence-corrected chi connectivity index (χ4v) is 9.53. The van der Waals surface area contributed by atoms with Gasteiger partial charge in [-0.05, 0) is 75.5 Å². The van der Waals surface area contributed by atoms with Crippen LogP contribution in [0.3, 0.4) is 0 Å². The van der Waals surface area contributed by atoms with Crippen LogP contribution in [0.15, 0.2) is 11.6 Å². The molecule has 0 saturated heterocycles. The molecule has 3 atom stereocenters. The van der Waals surface area contributed by atoms with Gasteiger partial charge in [-0.2, -0.15) is 0 Å². The highest BCUT2D eigenvalue weighted by Gasteiger charge is 2.31. The van der Waals surface area contributed by atoms with E-state index >= 15 is 0 Å². The minimum absolute atomic E-state index is 0.289. The molecule has 6 nitrogen and oxygen atoms in total. The summed E-state index contributed by atoms with van der Waals surface area (Å²) in [5, 5.41) is 27.3. The van der Waals surface area contributed by atoms with Crippen LogP contribution in [0.2, 0.25) is 0 Å². The van der Waals surface area contributed by atoms with Crippen molar-refractivity contribution in [1.82, 2.24) is 0 Å². The van der Waals surface area contributed by atoms with Crippen molar-refractivity contribution in [3.8, 4) is 0 Å². The zero-order valence-corrected chi connectivity index (χ0v) is 39.6. The average Bonchev–Trinajstić information content (AvgIpc) is 3.20. The number of hydrogen-bond donors (Lipinski definition) is 3. The van der Waals surface area contributed by atoms with Crippen molar-refractivity contribution in [3.05, 3.63) is 11.6 Å². The fraction of sp³-hybridized carbons (Fsp3) is 0.906. The molecule has 6 heteroatoms. The Morgan fingerprint density at radius 1 is 0.356 bits per heavy atom. The van der Waals surface area contributed by atoms with Crippen molar-refractivity contribution in [3.63, 3.8) is 0 Å². The molecule has 0 radical (unpaired) electrons. The Bertz CT molecular complexity index is 975. The second-order valence-corrected chi connectivity index (χ2v) is 18.5. The molecule has 0 aliphatic carbocycles. The van der Waals surface area contributed by atoms with Gasteiger partial charge in [0.2, 0.25) is 0 Å². The highest BCUT2D eigenvalue weighted by Crippen LogP contribution is 2.42. The monoisotopic (exact) mass is 833 g/mol. The molecule has 0 spiro atoms. The van der Waals surface area contributed by atoms with Crippen LogP contribution >= 0.6 is 0 Å². The lowest BCUT2D eigenvalue weighted by Gasteiger charge is -2.37. The summed E-state index contributed by atoms with van der Waals surface area (Å²) in [5.41, 5.74) is 1.78. The molecule has 0 fully saturated rings. The lowest BCUT2D eigenvalue weighted by atomic mass is 9.68. The van der Waals surface area contributed by atoms with Crippen molar-refractivity contribution in [2.75, 3.05) is 0 Å². The summed E-state index contributed by atoms with van der Waals surface area (Å²) in [7, 11) is 0. The lowest BCUT2D eigenvalue weighted by molar-refractivity contribution is -0.138. The molecule has 0 aliphatic rings. The van der Waals surface area contributed by atoms with E-state index in [1.807, 2.05) is 0 Å². The van der Waals surface area contributed by atoms with Crippen LogP contribution in [0.1, 0.15) is 290 Å². The van der Waals surface area contributed by atoms with Crippen LogP contribution in [0, 0.1) is 17.8 Å². The smallest absolute Gasteiger partial charge is 0.303 e. The topological polar surface area (TPSA) is 112 Å². The molecule has 0 bridgehead atoms. The number of carboxylic acid groups (broad SMARTS) is 3. The van der Waals surface area contributed by atoms with Crippen LogP contribution in [-0.2, 0) is 14.4 Å². The van der Waals surface area contributed by atoms with Gasteiger partial charge >= 0.3 is 17.9 Å². The molecular formula is C53H100O6. The van der Waals surface area contributed by atoms with Crippen LogP contribution in [-0.4, -0.2) is 33.2 Å². The van der Waals surface area contributed by atoms with Gasteiger partial charge in [0.05, 0.1) is 0 Å². The molecule has 348 valence electrons. The third-order valence-electron chi connectivity index (χ3n) is 13.1. The molecule has 0 aromatic rings. The van der Waals surface area contributed by atoms with E-state index in [4.69, 9.17) is 10.2 Å². The van der Waals surface area contributed by atoms with Crippen LogP contribution < -0.4 is 0 Å². The normalized spacial score (nSPS) is 13.4. The molecule has 0 aromatic heterocycles. The van der Waals surface area contributed by atoms with E-state index in [9.17, 15) is 19.5 Å². The quantitative estimate of drug-likeness (QED) is 0.0416. The lowest BCUT2D eigenvalue weighted by Crippen LogP contribution is -2.26. The summed E-state index contributed by atoms with van der Waals surface area (Å²) >= 11 is 0. The third kappa shape index (κ3) is 38.8. The van der Waals surface area contributed by atoms with Gasteiger partial charge in [-0.25, -0.2) is 0 Å². The van der Waals surface area contributed by atoms with Gasteiger partial charge in [-0.3, -0.25) is 14.4 Å². The van der Waals surface area contributed by atoms with Crippen molar-refractivity contribution in [2.24, 2.45) is 17.8 Å². The van der Waals surface area contributed by atoms with E-state index in [0.717, 1.165) is 70.1 Å². The first-order valence-corrected chi connectivity index (χ1v) is 26.1. The van der Waals surface area contributed by atoms with E-state index in [-0.39, 0.29) is 6.42 Å². The number of allylic oxidation sites excluding steroid dienone is 2. The molecule has 0 aromatic carbocycles. The van der Waals surface area contributed by atoms with Gasteiger partial charge in [-0.1, -0.05) is 225 Å². The molecule has 0 saturated carbocycles. The van der Waals surface area contributed by atoms with Crippen molar-refractivity contribution < 1.29 is 29.7 Å². The summed E-state index contributed by atoms with van der Waals surface area (Å²) in [6.07, 6.45) is 51.4. The summed E-state index contributed by atoms with van der Waals surface area (Å²) in [5.74, 6) is 0.0652. The van der Waals surface area contributed by atoms with E-state index < -0.39 is 17.9 Å². The molecule has 0 aliphatic heterocycles. The van der Waals surface area contributed by atoms with Crippen molar-refractivity contribution in [2.45, 2.75) is 290 Å². The van der Waals surface area contributed by atoms with Gasteiger partial charge in [0.15, 0.2) is 0 Å². The standard InChI is InChI=1S/C53H100O6/c1-4-7-10-13-21-29-38-47(40-31-23-15-17-26-35-44-51(54)55)49(42-33-20-12-9-6-3)50(43-34-25-19-28-37-46-53(58)59)48(39-30-22-14-11-8-5-2)41-32-24-16-18-27-36-45-52(56)57/h40,48-50H,4-39,41-46H2,1-3H3,(H,54,55)(H,56,57)(H,58,59)/b47-40-. The number of hydrogen-bond acceptors (Lipinski definition) is 3. The summed E-state index contributed by atoms with van der Waals surface area (Å²) in [4.78, 5) is 33.2. The molecule has 0 amide bonds. The van der Waals surface area contributed by atoms with Gasteiger partial charge in [0.25, 0.3) is 0 Å². The Labute approximate surface area is 366 Å². The number of unbranched alkanes of at least 4 members (excludes halogenated alkanes) is 28. The number of carboxylic acids is 3. The first kappa shape index (κ1) is 57.1. The Morgan fingerprint density at radius 3 is 1.05 bits per heavy atom. The van der Waals surface area contributed by atoms with Crippen LogP contribution in [0.4, 0.5) is 0 Å². The second kappa shape index (κ2) is 44.2. The fourth-order valence-electron chi connectivity index (χ4n) is 9.53. The first-order chi connectivity index (χ1) is 28.8. The Morgan fingerprint density at radius 2 is 0.661 bits per heavy atom. The summed E-state index contributed by atoms with van der Waals surface area (Å²) < 4.78 is 0. The highest BCUT2D eigenvalue weighted by molar-refractivity contribution is 5.67. The SMILES string of the molecule is CCCCCCCC/C(=C/CCCCCCCC(=O)O)C(CCCCCCC)C(CCCCCCCC(=O)O)C(CCCCCCCC)CCCCCCCCC(=O)O. The van der Waals surface area contributed by atoms with Crippen molar-refractivity contribution in [1.29, 1.82) is 0 Å². The average molecular weight is 833 g/mol. The molecular weight excluding hydrogens is 733 g/mol. The van der Waals surface area contributed by atoms with Gasteiger partial charge in [0, 0.05) is 19.3 Å². The molecule has 3 unspecified atom stereocenters. The maximum absolute atomic E-state index is 11.2. The highest BCUT2D eigenvalue weighted by atomic mass is 16.4. The van der Waals surface area contributed by atoms with Crippen LogP contribution in [0.5, 0.6) is 0 Å². The summed E-state index contributed by atoms with van der Waals surface area (Å²) in [6, 6.07) is 0. The molecule has 59 heavy (non-hydrogen) atoms. The zero-order valence-electron chi connectivity index (χ0n) is 39.6. The Balaban J connectivity index is 6.45. The van der Waals surface area contributed by atoms with E-state index in [2.05, 4.69) is 26.8 Å². The van der Waals surface area contributed by atoms with E-state index in [1.54, 1.807) is 5.57 Å². The molecule has 0 rings (SSSR count). The Hall–Kier alpha value is -1.85. The van der Waals surface area contributed by atoms with E-state index in [0.29, 0.717) is 24.7 Å². The van der Waals surface area contributed by atoms with Crippen LogP contribution in [0.25, 0.3) is 0 Å². The maximum Gasteiger partial charge on any atom is 0.303 e. The van der Waals surface area contributed by atoms with Gasteiger partial charge in [0.1, 0.15) is 0 Å². The maximum atomic E-state index is 11.2. The largest absolute Gasteiger partial charge is 0.481 e. The predicted molar refractivity (Wildman–Crippen MR) is 252 cm³/mol. The second-order valence-electron chi connectivity index (χ2n) is 18.5. The van der Waals surface area contributed by atoms with E-state index in [1.165, 1.54) is 186 Å².